The fraction of sp³-hybridized carbons (Fsp3) is 0.444. The first-order valence-corrected chi connectivity index (χ1v) is 3.85. The van der Waals surface area contributed by atoms with Gasteiger partial charge >= 0.3 is 0 Å². The van der Waals surface area contributed by atoms with Crippen LogP contribution < -0.4 is 0 Å². The topological polar surface area (TPSA) is 25.4 Å². The Bertz CT molecular complexity index is 223. The molecule has 0 spiro atoms. The van der Waals surface area contributed by atoms with Gasteiger partial charge in [0.05, 0.1) is 0 Å². The lowest BCUT2D eigenvalue weighted by molar-refractivity contribution is -0.00563. The van der Waals surface area contributed by atoms with Gasteiger partial charge in [-0.05, 0) is 20.2 Å². The maximum Gasteiger partial charge on any atom is 0.137 e. The Morgan fingerprint density at radius 1 is 1.50 bits per heavy atom. The third kappa shape index (κ3) is 2.03. The Morgan fingerprint density at radius 3 is 2.67 bits per heavy atom. The van der Waals surface area contributed by atoms with Crippen LogP contribution >= 0.6 is 0 Å². The summed E-state index contributed by atoms with van der Waals surface area (Å²) in [5, 5.41) is 0. The van der Waals surface area contributed by atoms with Gasteiger partial charge in [-0.25, -0.2) is 0 Å². The fourth-order valence-corrected chi connectivity index (χ4v) is 1.17. The van der Waals surface area contributed by atoms with Gasteiger partial charge in [0.2, 0.25) is 0 Å². The van der Waals surface area contributed by atoms with Gasteiger partial charge < -0.3 is 4.74 Å². The molecule has 1 atom stereocenters. The number of hydrogen-bond donors (Lipinski definition) is 0. The summed E-state index contributed by atoms with van der Waals surface area (Å²) in [5.41, 5.74) is 1.07. The third-order valence-electron chi connectivity index (χ3n) is 1.66. The lowest BCUT2D eigenvalue weighted by atomic mass is 10.2. The van der Waals surface area contributed by atoms with E-state index in [9.17, 15) is 0 Å². The van der Waals surface area contributed by atoms with Gasteiger partial charge in [0.1, 0.15) is 6.23 Å². The Balaban J connectivity index is 2.80. The highest BCUT2D eigenvalue weighted by atomic mass is 16.5. The smallest absolute Gasteiger partial charge is 0.137 e. The van der Waals surface area contributed by atoms with Crippen LogP contribution in [0.1, 0.15) is 11.8 Å². The second kappa shape index (κ2) is 4.18. The van der Waals surface area contributed by atoms with E-state index in [4.69, 9.17) is 4.74 Å². The largest absolute Gasteiger partial charge is 0.362 e. The van der Waals surface area contributed by atoms with E-state index in [1.807, 2.05) is 37.3 Å². The first-order chi connectivity index (χ1) is 5.75. The highest BCUT2D eigenvalue weighted by Crippen LogP contribution is 2.16. The summed E-state index contributed by atoms with van der Waals surface area (Å²) in [6.07, 6.45) is 3.57. The van der Waals surface area contributed by atoms with E-state index in [1.165, 1.54) is 0 Å². The molecule has 0 radical (unpaired) electrons. The minimum absolute atomic E-state index is 0.00120. The average molecular weight is 166 g/mol. The highest BCUT2D eigenvalue weighted by molar-refractivity contribution is 5.11. The molecule has 0 saturated heterocycles. The van der Waals surface area contributed by atoms with Crippen LogP contribution in [-0.2, 0) is 4.74 Å². The molecule has 3 nitrogen and oxygen atoms in total. The monoisotopic (exact) mass is 166 g/mol. The fourth-order valence-electron chi connectivity index (χ4n) is 1.17. The predicted molar refractivity (Wildman–Crippen MR) is 47.7 cm³/mol. The quantitative estimate of drug-likeness (QED) is 0.633. The van der Waals surface area contributed by atoms with Gasteiger partial charge in [0.15, 0.2) is 0 Å². The van der Waals surface area contributed by atoms with Crippen molar-refractivity contribution in [3.05, 3.63) is 30.1 Å². The summed E-state index contributed by atoms with van der Waals surface area (Å²) in [5.74, 6) is 0. The zero-order valence-electron chi connectivity index (χ0n) is 7.69. The molecule has 0 aliphatic carbocycles. The Kier molecular flexibility index (Phi) is 3.19. The number of rotatable bonds is 3. The minimum atomic E-state index is -0.00120. The van der Waals surface area contributed by atoms with Crippen molar-refractivity contribution in [2.75, 3.05) is 21.2 Å². The van der Waals surface area contributed by atoms with Crippen molar-refractivity contribution < 1.29 is 4.74 Å². The van der Waals surface area contributed by atoms with E-state index in [0.717, 1.165) is 5.56 Å². The van der Waals surface area contributed by atoms with E-state index in [0.29, 0.717) is 0 Å². The van der Waals surface area contributed by atoms with Gasteiger partial charge in [-0.1, -0.05) is 6.07 Å². The van der Waals surface area contributed by atoms with Crippen molar-refractivity contribution in [1.82, 2.24) is 9.88 Å². The lowest BCUT2D eigenvalue weighted by Gasteiger charge is -2.22. The SMILES string of the molecule is COC(c1cccnc1)N(C)C. The van der Waals surface area contributed by atoms with Crippen LogP contribution in [-0.4, -0.2) is 31.1 Å². The summed E-state index contributed by atoms with van der Waals surface area (Å²) in [6, 6.07) is 3.91. The molecule has 1 rings (SSSR count). The summed E-state index contributed by atoms with van der Waals surface area (Å²) < 4.78 is 5.28. The molecule has 0 bridgehead atoms. The first kappa shape index (κ1) is 9.16. The molecule has 0 amide bonds. The van der Waals surface area contributed by atoms with E-state index in [1.54, 1.807) is 13.3 Å². The van der Waals surface area contributed by atoms with Gasteiger partial charge in [-0.3, -0.25) is 9.88 Å². The molecule has 3 heteroatoms. The van der Waals surface area contributed by atoms with Crippen LogP contribution in [0.2, 0.25) is 0 Å². The van der Waals surface area contributed by atoms with E-state index in [-0.39, 0.29) is 6.23 Å². The standard InChI is InChI=1S/C9H14N2O/c1-11(2)9(12-3)8-5-4-6-10-7-8/h4-7,9H,1-3H3. The van der Waals surface area contributed by atoms with Crippen LogP contribution in [0.25, 0.3) is 0 Å². The molecular weight excluding hydrogens is 152 g/mol. The second-order valence-corrected chi connectivity index (χ2v) is 2.84. The van der Waals surface area contributed by atoms with Crippen molar-refractivity contribution in [3.8, 4) is 0 Å². The Hall–Kier alpha value is -0.930. The van der Waals surface area contributed by atoms with E-state index in [2.05, 4.69) is 4.98 Å². The molecule has 1 aromatic heterocycles. The summed E-state index contributed by atoms with van der Waals surface area (Å²) >= 11 is 0. The van der Waals surface area contributed by atoms with Crippen LogP contribution in [0.4, 0.5) is 0 Å². The zero-order chi connectivity index (χ0) is 8.97. The molecule has 1 unspecified atom stereocenters. The van der Waals surface area contributed by atoms with Crippen molar-refractivity contribution in [3.63, 3.8) is 0 Å². The van der Waals surface area contributed by atoms with Crippen LogP contribution in [0.5, 0.6) is 0 Å². The Labute approximate surface area is 73.0 Å². The van der Waals surface area contributed by atoms with Gasteiger partial charge in [0, 0.05) is 25.1 Å². The van der Waals surface area contributed by atoms with Crippen LogP contribution in [0.15, 0.2) is 24.5 Å². The molecule has 0 aromatic carbocycles. The molecular formula is C9H14N2O. The molecule has 0 fully saturated rings. The molecule has 66 valence electrons. The van der Waals surface area contributed by atoms with Crippen molar-refractivity contribution >= 4 is 0 Å². The van der Waals surface area contributed by atoms with Crippen molar-refractivity contribution in [1.29, 1.82) is 0 Å². The van der Waals surface area contributed by atoms with Crippen LogP contribution in [0, 0.1) is 0 Å². The average Bonchev–Trinajstić information content (AvgIpc) is 2.07. The van der Waals surface area contributed by atoms with Crippen molar-refractivity contribution in [2.24, 2.45) is 0 Å². The number of nitrogens with zero attached hydrogens (tertiary/aromatic N) is 2. The number of methoxy groups -OCH3 is 1. The maximum absolute atomic E-state index is 5.28. The van der Waals surface area contributed by atoms with E-state index < -0.39 is 0 Å². The number of aromatic nitrogens is 1. The zero-order valence-corrected chi connectivity index (χ0v) is 7.69. The maximum atomic E-state index is 5.28. The lowest BCUT2D eigenvalue weighted by Crippen LogP contribution is -2.21. The predicted octanol–water partition coefficient (Wildman–Crippen LogP) is 1.29. The van der Waals surface area contributed by atoms with Crippen molar-refractivity contribution in [2.45, 2.75) is 6.23 Å². The molecule has 0 saturated carbocycles. The molecule has 1 heterocycles. The van der Waals surface area contributed by atoms with Crippen LogP contribution in [0.3, 0.4) is 0 Å². The molecule has 0 aliphatic rings. The minimum Gasteiger partial charge on any atom is -0.362 e. The normalized spacial score (nSPS) is 13.3. The molecule has 1 aromatic rings. The second-order valence-electron chi connectivity index (χ2n) is 2.84. The van der Waals surface area contributed by atoms with Gasteiger partial charge in [-0.2, -0.15) is 0 Å². The highest BCUT2D eigenvalue weighted by Gasteiger charge is 2.11. The Morgan fingerprint density at radius 2 is 2.25 bits per heavy atom. The molecule has 0 N–H and O–H groups in total. The number of hydrogen-bond acceptors (Lipinski definition) is 3. The third-order valence-corrected chi connectivity index (χ3v) is 1.66. The van der Waals surface area contributed by atoms with Gasteiger partial charge in [0.25, 0.3) is 0 Å². The first-order valence-electron chi connectivity index (χ1n) is 3.85. The van der Waals surface area contributed by atoms with Gasteiger partial charge in [-0.15, -0.1) is 0 Å². The molecule has 12 heavy (non-hydrogen) atoms. The summed E-state index contributed by atoms with van der Waals surface area (Å²) in [4.78, 5) is 6.03. The number of pyridine rings is 1. The van der Waals surface area contributed by atoms with E-state index >= 15 is 0 Å². The molecule has 0 aliphatic heterocycles. The summed E-state index contributed by atoms with van der Waals surface area (Å²) in [7, 11) is 5.64. The number of ether oxygens (including phenoxy) is 1. The summed E-state index contributed by atoms with van der Waals surface area (Å²) in [6.45, 7) is 0.